The Morgan fingerprint density at radius 2 is 2.00 bits per heavy atom. The third-order valence-corrected chi connectivity index (χ3v) is 1.91. The maximum absolute atomic E-state index is 12.8. The molecule has 0 atom stereocenters. The monoisotopic (exact) mass is 248 g/mol. The van der Waals surface area contributed by atoms with Crippen molar-refractivity contribution in [3.63, 3.8) is 0 Å². The van der Waals surface area contributed by atoms with Crippen LogP contribution in [0.3, 0.4) is 0 Å². The topological polar surface area (TPSA) is 37.3 Å². The minimum atomic E-state index is -4.60. The van der Waals surface area contributed by atoms with Crippen LogP contribution in [-0.4, -0.2) is 11.1 Å². The Hall–Kier alpha value is -1.85. The summed E-state index contributed by atoms with van der Waals surface area (Å²) in [5.41, 5.74) is -1.39. The molecule has 0 aliphatic rings. The van der Waals surface area contributed by atoms with Gasteiger partial charge in [0, 0.05) is 0 Å². The van der Waals surface area contributed by atoms with Crippen LogP contribution >= 0.6 is 0 Å². The second-order valence-corrected chi connectivity index (χ2v) is 3.23. The van der Waals surface area contributed by atoms with Crippen molar-refractivity contribution in [2.75, 3.05) is 0 Å². The van der Waals surface area contributed by atoms with Crippen LogP contribution in [0, 0.1) is 5.82 Å². The zero-order valence-corrected chi connectivity index (χ0v) is 8.46. The second kappa shape index (κ2) is 4.99. The molecule has 17 heavy (non-hydrogen) atoms. The van der Waals surface area contributed by atoms with Gasteiger partial charge in [0.15, 0.2) is 0 Å². The van der Waals surface area contributed by atoms with Gasteiger partial charge in [-0.05, 0) is 23.8 Å². The van der Waals surface area contributed by atoms with E-state index in [1.54, 1.807) is 0 Å². The van der Waals surface area contributed by atoms with Crippen molar-refractivity contribution in [2.45, 2.75) is 12.6 Å². The summed E-state index contributed by atoms with van der Waals surface area (Å²) in [6.07, 6.45) is -3.04. The van der Waals surface area contributed by atoms with E-state index < -0.39 is 35.5 Å². The van der Waals surface area contributed by atoms with Gasteiger partial charge in [0.25, 0.3) is 0 Å². The van der Waals surface area contributed by atoms with Crippen LogP contribution in [-0.2, 0) is 11.0 Å². The number of benzene rings is 1. The van der Waals surface area contributed by atoms with E-state index in [0.29, 0.717) is 18.2 Å². The standard InChI is InChI=1S/C11H8F4O2/c12-8-4-5-9(11(13,14)15)7(6-8)2-1-3-10(16)17/h1-2,4-6H,3H2,(H,16,17). The van der Waals surface area contributed by atoms with Gasteiger partial charge in [-0.3, -0.25) is 4.79 Å². The Balaban J connectivity index is 3.08. The van der Waals surface area contributed by atoms with Gasteiger partial charge in [0.05, 0.1) is 12.0 Å². The molecule has 0 radical (unpaired) electrons. The number of carboxylic acids is 1. The first-order valence-corrected chi connectivity index (χ1v) is 4.56. The zero-order chi connectivity index (χ0) is 13.1. The SMILES string of the molecule is O=C(O)CC=Cc1cc(F)ccc1C(F)(F)F. The van der Waals surface area contributed by atoms with Crippen LogP contribution < -0.4 is 0 Å². The van der Waals surface area contributed by atoms with Gasteiger partial charge < -0.3 is 5.11 Å². The van der Waals surface area contributed by atoms with Crippen LogP contribution in [0.25, 0.3) is 6.08 Å². The molecular formula is C11H8F4O2. The largest absolute Gasteiger partial charge is 0.481 e. The summed E-state index contributed by atoms with van der Waals surface area (Å²) in [6.45, 7) is 0. The minimum absolute atomic E-state index is 0.390. The lowest BCUT2D eigenvalue weighted by Gasteiger charge is -2.09. The second-order valence-electron chi connectivity index (χ2n) is 3.23. The number of hydrogen-bond acceptors (Lipinski definition) is 1. The highest BCUT2D eigenvalue weighted by atomic mass is 19.4. The fourth-order valence-electron chi connectivity index (χ4n) is 1.22. The molecule has 0 heterocycles. The quantitative estimate of drug-likeness (QED) is 0.833. The Bertz CT molecular complexity index is 449. The number of hydrogen-bond donors (Lipinski definition) is 1. The first-order chi connectivity index (χ1) is 7.80. The molecule has 0 amide bonds. The summed E-state index contributed by atoms with van der Waals surface area (Å²) in [5.74, 6) is -1.99. The van der Waals surface area contributed by atoms with Crippen LogP contribution in [0.2, 0.25) is 0 Å². The van der Waals surface area contributed by atoms with Crippen molar-refractivity contribution < 1.29 is 27.5 Å². The van der Waals surface area contributed by atoms with E-state index in [-0.39, 0.29) is 0 Å². The maximum Gasteiger partial charge on any atom is 0.416 e. The van der Waals surface area contributed by atoms with Gasteiger partial charge >= 0.3 is 12.1 Å². The van der Waals surface area contributed by atoms with E-state index in [4.69, 9.17) is 5.11 Å². The van der Waals surface area contributed by atoms with Crippen LogP contribution in [0.5, 0.6) is 0 Å². The smallest absolute Gasteiger partial charge is 0.416 e. The average molecular weight is 248 g/mol. The first-order valence-electron chi connectivity index (χ1n) is 4.56. The van der Waals surface area contributed by atoms with Gasteiger partial charge in [-0.25, -0.2) is 4.39 Å². The Morgan fingerprint density at radius 3 is 2.53 bits per heavy atom. The van der Waals surface area contributed by atoms with E-state index in [1.807, 2.05) is 0 Å². The van der Waals surface area contributed by atoms with Gasteiger partial charge in [0.1, 0.15) is 5.82 Å². The van der Waals surface area contributed by atoms with Gasteiger partial charge in [-0.2, -0.15) is 13.2 Å². The van der Waals surface area contributed by atoms with Crippen molar-refractivity contribution in [3.05, 3.63) is 41.2 Å². The molecular weight excluding hydrogens is 240 g/mol. The molecule has 92 valence electrons. The van der Waals surface area contributed by atoms with E-state index >= 15 is 0 Å². The van der Waals surface area contributed by atoms with Gasteiger partial charge in [0.2, 0.25) is 0 Å². The predicted octanol–water partition coefficient (Wildman–Crippen LogP) is 3.33. The number of carboxylic acid groups (broad SMARTS) is 1. The molecule has 0 saturated carbocycles. The lowest BCUT2D eigenvalue weighted by Crippen LogP contribution is -2.07. The molecule has 6 heteroatoms. The number of rotatable bonds is 3. The number of halogens is 4. The van der Waals surface area contributed by atoms with Crippen LogP contribution in [0.1, 0.15) is 17.5 Å². The van der Waals surface area contributed by atoms with Gasteiger partial charge in [-0.1, -0.05) is 12.2 Å². The molecule has 1 aromatic carbocycles. The molecule has 2 nitrogen and oxygen atoms in total. The maximum atomic E-state index is 12.8. The fourth-order valence-corrected chi connectivity index (χ4v) is 1.22. The van der Waals surface area contributed by atoms with Crippen LogP contribution in [0.4, 0.5) is 17.6 Å². The van der Waals surface area contributed by atoms with Crippen molar-refractivity contribution in [2.24, 2.45) is 0 Å². The third-order valence-electron chi connectivity index (χ3n) is 1.91. The third kappa shape index (κ3) is 3.90. The van der Waals surface area contributed by atoms with E-state index in [0.717, 1.165) is 12.2 Å². The highest BCUT2D eigenvalue weighted by molar-refractivity contribution is 5.70. The van der Waals surface area contributed by atoms with Crippen molar-refractivity contribution in [1.29, 1.82) is 0 Å². The molecule has 0 bridgehead atoms. The van der Waals surface area contributed by atoms with E-state index in [2.05, 4.69) is 0 Å². The first kappa shape index (κ1) is 13.2. The van der Waals surface area contributed by atoms with Crippen molar-refractivity contribution in [3.8, 4) is 0 Å². The highest BCUT2D eigenvalue weighted by Crippen LogP contribution is 2.32. The summed E-state index contributed by atoms with van der Waals surface area (Å²) >= 11 is 0. The fraction of sp³-hybridized carbons (Fsp3) is 0.182. The predicted molar refractivity (Wildman–Crippen MR) is 52.7 cm³/mol. The normalized spacial score (nSPS) is 12.0. The lowest BCUT2D eigenvalue weighted by atomic mass is 10.1. The minimum Gasteiger partial charge on any atom is -0.481 e. The molecule has 1 aromatic rings. The molecule has 1 rings (SSSR count). The van der Waals surface area contributed by atoms with Gasteiger partial charge in [-0.15, -0.1) is 0 Å². The number of carbonyl (C=O) groups is 1. The molecule has 0 aliphatic heterocycles. The Kier molecular flexibility index (Phi) is 3.88. The van der Waals surface area contributed by atoms with Crippen molar-refractivity contribution >= 4 is 12.0 Å². The molecule has 0 aliphatic carbocycles. The summed E-state index contributed by atoms with van der Waals surface area (Å²) in [5, 5.41) is 8.33. The molecule has 0 saturated heterocycles. The van der Waals surface area contributed by atoms with E-state index in [9.17, 15) is 22.4 Å². The van der Waals surface area contributed by atoms with Crippen LogP contribution in [0.15, 0.2) is 24.3 Å². The molecule has 1 N–H and O–H groups in total. The Labute approximate surface area is 94.2 Å². The summed E-state index contributed by atoms with van der Waals surface area (Å²) in [7, 11) is 0. The number of aliphatic carboxylic acids is 1. The van der Waals surface area contributed by atoms with E-state index in [1.165, 1.54) is 0 Å². The summed E-state index contributed by atoms with van der Waals surface area (Å²) in [4.78, 5) is 10.2. The molecule has 0 unspecified atom stereocenters. The molecule has 0 aromatic heterocycles. The number of alkyl halides is 3. The zero-order valence-electron chi connectivity index (χ0n) is 8.46. The Morgan fingerprint density at radius 1 is 1.35 bits per heavy atom. The molecule has 0 fully saturated rings. The van der Waals surface area contributed by atoms with Crippen molar-refractivity contribution in [1.82, 2.24) is 0 Å². The summed E-state index contributed by atoms with van der Waals surface area (Å²) < 4.78 is 50.3. The molecule has 0 spiro atoms. The lowest BCUT2D eigenvalue weighted by molar-refractivity contribution is -0.138. The average Bonchev–Trinajstić information content (AvgIpc) is 2.15. The highest BCUT2D eigenvalue weighted by Gasteiger charge is 2.32. The summed E-state index contributed by atoms with van der Waals surface area (Å²) in [6, 6.07) is 2.04.